The smallest absolute Gasteiger partial charge is 0.00701 e. The van der Waals surface area contributed by atoms with E-state index in [9.17, 15) is 0 Å². The Morgan fingerprint density at radius 1 is 1.14 bits per heavy atom. The van der Waals surface area contributed by atoms with Crippen LogP contribution in [0.1, 0.15) is 58.8 Å². The van der Waals surface area contributed by atoms with Crippen LogP contribution in [0.3, 0.4) is 0 Å². The first-order valence-electron chi connectivity index (χ1n) is 6.39. The Hall–Kier alpha value is -0.0400. The normalized spacial score (nSPS) is 33.4. The highest BCUT2D eigenvalue weighted by Crippen LogP contribution is 2.39. The van der Waals surface area contributed by atoms with Crippen LogP contribution in [0.4, 0.5) is 0 Å². The maximum Gasteiger partial charge on any atom is 0.00701 e. The molecule has 1 saturated heterocycles. The predicted octanol–water partition coefficient (Wildman–Crippen LogP) is 3.34. The fourth-order valence-corrected chi connectivity index (χ4v) is 3.06. The van der Waals surface area contributed by atoms with Crippen molar-refractivity contribution in [1.82, 2.24) is 5.32 Å². The molecule has 1 unspecified atom stereocenters. The van der Waals surface area contributed by atoms with Gasteiger partial charge < -0.3 is 5.32 Å². The van der Waals surface area contributed by atoms with E-state index in [0.29, 0.717) is 5.41 Å². The van der Waals surface area contributed by atoms with E-state index < -0.39 is 0 Å². The van der Waals surface area contributed by atoms with Crippen molar-refractivity contribution in [2.24, 2.45) is 11.3 Å². The van der Waals surface area contributed by atoms with Crippen molar-refractivity contribution in [1.29, 1.82) is 0 Å². The SMILES string of the molecule is CC1(C)CCC(CC2CCCN2)CC1. The lowest BCUT2D eigenvalue weighted by molar-refractivity contribution is 0.177. The topological polar surface area (TPSA) is 12.0 Å². The first kappa shape index (κ1) is 10.5. The van der Waals surface area contributed by atoms with Gasteiger partial charge in [0.1, 0.15) is 0 Å². The molecule has 1 nitrogen and oxygen atoms in total. The second-order valence-corrected chi connectivity index (χ2v) is 6.14. The highest BCUT2D eigenvalue weighted by Gasteiger charge is 2.28. The fraction of sp³-hybridized carbons (Fsp3) is 1.00. The van der Waals surface area contributed by atoms with Gasteiger partial charge in [0.05, 0.1) is 0 Å². The summed E-state index contributed by atoms with van der Waals surface area (Å²) >= 11 is 0. The predicted molar refractivity (Wildman–Crippen MR) is 61.4 cm³/mol. The molecular weight excluding hydrogens is 170 g/mol. The van der Waals surface area contributed by atoms with E-state index >= 15 is 0 Å². The van der Waals surface area contributed by atoms with E-state index in [-0.39, 0.29) is 0 Å². The molecule has 0 aromatic rings. The van der Waals surface area contributed by atoms with Crippen LogP contribution in [0.2, 0.25) is 0 Å². The maximum absolute atomic E-state index is 3.62. The Kier molecular flexibility index (Phi) is 3.16. The van der Waals surface area contributed by atoms with Crippen LogP contribution >= 0.6 is 0 Å². The van der Waals surface area contributed by atoms with Gasteiger partial charge >= 0.3 is 0 Å². The minimum Gasteiger partial charge on any atom is -0.314 e. The van der Waals surface area contributed by atoms with Crippen LogP contribution in [0.25, 0.3) is 0 Å². The summed E-state index contributed by atoms with van der Waals surface area (Å²) in [6.45, 7) is 6.12. The minimum absolute atomic E-state index is 0.638. The van der Waals surface area contributed by atoms with Crippen molar-refractivity contribution in [2.75, 3.05) is 6.54 Å². The van der Waals surface area contributed by atoms with Crippen LogP contribution < -0.4 is 5.32 Å². The molecule has 82 valence electrons. The molecular formula is C13H25N. The monoisotopic (exact) mass is 195 g/mol. The van der Waals surface area contributed by atoms with E-state index in [1.54, 1.807) is 0 Å². The number of hydrogen-bond acceptors (Lipinski definition) is 1. The number of hydrogen-bond donors (Lipinski definition) is 1. The van der Waals surface area contributed by atoms with Crippen LogP contribution in [-0.4, -0.2) is 12.6 Å². The molecule has 2 fully saturated rings. The Balaban J connectivity index is 1.72. The Bertz CT molecular complexity index is 170. The molecule has 14 heavy (non-hydrogen) atoms. The second kappa shape index (κ2) is 4.22. The first-order chi connectivity index (χ1) is 6.66. The van der Waals surface area contributed by atoms with Crippen molar-refractivity contribution in [3.05, 3.63) is 0 Å². The minimum atomic E-state index is 0.638. The van der Waals surface area contributed by atoms with E-state index in [2.05, 4.69) is 19.2 Å². The summed E-state index contributed by atoms with van der Waals surface area (Å²) in [6.07, 6.45) is 10.1. The highest BCUT2D eigenvalue weighted by molar-refractivity contribution is 4.83. The van der Waals surface area contributed by atoms with Gasteiger partial charge in [-0.1, -0.05) is 13.8 Å². The quantitative estimate of drug-likeness (QED) is 0.712. The van der Waals surface area contributed by atoms with Crippen molar-refractivity contribution >= 4 is 0 Å². The first-order valence-corrected chi connectivity index (χ1v) is 6.39. The fourth-order valence-electron chi connectivity index (χ4n) is 3.06. The highest BCUT2D eigenvalue weighted by atomic mass is 14.9. The third-order valence-corrected chi connectivity index (χ3v) is 4.24. The molecule has 0 spiro atoms. The van der Waals surface area contributed by atoms with Crippen molar-refractivity contribution in [3.8, 4) is 0 Å². The van der Waals surface area contributed by atoms with Crippen molar-refractivity contribution < 1.29 is 0 Å². The lowest BCUT2D eigenvalue weighted by atomic mass is 9.71. The zero-order valence-corrected chi connectivity index (χ0v) is 9.81. The average molecular weight is 195 g/mol. The standard InChI is InChI=1S/C13H25N/c1-13(2)7-5-11(6-8-13)10-12-4-3-9-14-12/h11-12,14H,3-10H2,1-2H3. The van der Waals surface area contributed by atoms with Crippen LogP contribution in [-0.2, 0) is 0 Å². The van der Waals surface area contributed by atoms with Gasteiger partial charge in [0.2, 0.25) is 0 Å². The van der Waals surface area contributed by atoms with E-state index in [1.807, 2.05) is 0 Å². The summed E-state index contributed by atoms with van der Waals surface area (Å²) < 4.78 is 0. The van der Waals surface area contributed by atoms with E-state index in [4.69, 9.17) is 0 Å². The van der Waals surface area contributed by atoms with E-state index in [0.717, 1.165) is 12.0 Å². The molecule has 0 radical (unpaired) electrons. The van der Waals surface area contributed by atoms with Crippen LogP contribution in [0.15, 0.2) is 0 Å². The molecule has 2 aliphatic rings. The number of rotatable bonds is 2. The van der Waals surface area contributed by atoms with Gasteiger partial charge in [0.15, 0.2) is 0 Å². The van der Waals surface area contributed by atoms with Gasteiger partial charge in [-0.2, -0.15) is 0 Å². The lowest BCUT2D eigenvalue weighted by Gasteiger charge is -2.35. The molecule has 0 aromatic heterocycles. The van der Waals surface area contributed by atoms with Gasteiger partial charge in [-0.05, 0) is 62.8 Å². The molecule has 2 rings (SSSR count). The molecule has 0 amide bonds. The Morgan fingerprint density at radius 3 is 2.43 bits per heavy atom. The lowest BCUT2D eigenvalue weighted by Crippen LogP contribution is -2.28. The zero-order valence-electron chi connectivity index (χ0n) is 9.81. The second-order valence-electron chi connectivity index (χ2n) is 6.14. The Morgan fingerprint density at radius 2 is 1.86 bits per heavy atom. The molecule has 1 saturated carbocycles. The van der Waals surface area contributed by atoms with Gasteiger partial charge in [0, 0.05) is 6.04 Å². The molecule has 0 bridgehead atoms. The van der Waals surface area contributed by atoms with Gasteiger partial charge in [0.25, 0.3) is 0 Å². The third-order valence-electron chi connectivity index (χ3n) is 4.24. The molecule has 1 aliphatic carbocycles. The third kappa shape index (κ3) is 2.73. The van der Waals surface area contributed by atoms with Gasteiger partial charge in [-0.15, -0.1) is 0 Å². The zero-order chi connectivity index (χ0) is 10.0. The molecule has 1 aliphatic heterocycles. The van der Waals surface area contributed by atoms with E-state index in [1.165, 1.54) is 51.5 Å². The summed E-state index contributed by atoms with van der Waals surface area (Å²) in [7, 11) is 0. The molecule has 1 atom stereocenters. The van der Waals surface area contributed by atoms with Crippen LogP contribution in [0.5, 0.6) is 0 Å². The summed E-state index contributed by atoms with van der Waals surface area (Å²) in [5.74, 6) is 1.03. The van der Waals surface area contributed by atoms with Crippen molar-refractivity contribution in [3.63, 3.8) is 0 Å². The van der Waals surface area contributed by atoms with Crippen molar-refractivity contribution in [2.45, 2.75) is 64.8 Å². The largest absolute Gasteiger partial charge is 0.314 e. The van der Waals surface area contributed by atoms with Gasteiger partial charge in [-0.3, -0.25) is 0 Å². The molecule has 0 aromatic carbocycles. The summed E-state index contributed by atoms with van der Waals surface area (Å²) in [5, 5.41) is 3.62. The molecule has 1 heteroatoms. The maximum atomic E-state index is 3.62. The van der Waals surface area contributed by atoms with Crippen LogP contribution in [0, 0.1) is 11.3 Å². The average Bonchev–Trinajstić information content (AvgIpc) is 2.61. The Labute approximate surface area is 88.7 Å². The van der Waals surface area contributed by atoms with Gasteiger partial charge in [-0.25, -0.2) is 0 Å². The number of nitrogens with one attached hydrogen (secondary N) is 1. The molecule has 1 N–H and O–H groups in total. The summed E-state index contributed by atoms with van der Waals surface area (Å²) in [4.78, 5) is 0. The summed E-state index contributed by atoms with van der Waals surface area (Å²) in [6, 6.07) is 0.862. The molecule has 1 heterocycles. The summed E-state index contributed by atoms with van der Waals surface area (Å²) in [5.41, 5.74) is 0.638.